The molecule has 0 saturated carbocycles. The lowest BCUT2D eigenvalue weighted by molar-refractivity contribution is -0.139. The molecular formula is C17H18N2O2. The van der Waals surface area contributed by atoms with E-state index in [0.29, 0.717) is 0 Å². The van der Waals surface area contributed by atoms with Crippen LogP contribution >= 0.6 is 0 Å². The maximum absolute atomic E-state index is 10.6. The molecule has 0 fully saturated rings. The van der Waals surface area contributed by atoms with Crippen molar-refractivity contribution in [1.82, 2.24) is 0 Å². The van der Waals surface area contributed by atoms with E-state index in [2.05, 4.69) is 30.6 Å². The number of carbonyl (C=O) groups is 1. The second-order valence-corrected chi connectivity index (χ2v) is 4.87. The van der Waals surface area contributed by atoms with Gasteiger partial charge in [-0.2, -0.15) is 10.5 Å². The number of ether oxygens (including phenoxy) is 1. The summed E-state index contributed by atoms with van der Waals surface area (Å²) in [6.07, 6.45) is 6.67. The summed E-state index contributed by atoms with van der Waals surface area (Å²) in [4.78, 5) is 10.6. The average molecular weight is 282 g/mol. The SMILES string of the molecule is C=CC1CCCC=C1C(C#N)(C#N)CC#CCOC(C)=O. The minimum absolute atomic E-state index is 0.0216. The van der Waals surface area contributed by atoms with E-state index in [0.717, 1.165) is 24.8 Å². The summed E-state index contributed by atoms with van der Waals surface area (Å²) in [7, 11) is 0. The van der Waals surface area contributed by atoms with Crippen molar-refractivity contribution in [1.29, 1.82) is 10.5 Å². The first kappa shape index (κ1) is 16.5. The van der Waals surface area contributed by atoms with Crippen LogP contribution in [0.25, 0.3) is 0 Å². The first-order valence-corrected chi connectivity index (χ1v) is 6.84. The van der Waals surface area contributed by atoms with Crippen molar-refractivity contribution >= 4 is 5.97 Å². The minimum atomic E-state index is -1.25. The third-order valence-corrected chi connectivity index (χ3v) is 3.47. The summed E-state index contributed by atoms with van der Waals surface area (Å²) in [5, 5.41) is 19.0. The van der Waals surface area contributed by atoms with Gasteiger partial charge in [0.1, 0.15) is 0 Å². The van der Waals surface area contributed by atoms with Crippen LogP contribution in [-0.4, -0.2) is 12.6 Å². The van der Waals surface area contributed by atoms with Gasteiger partial charge < -0.3 is 4.74 Å². The Morgan fingerprint density at radius 1 is 1.52 bits per heavy atom. The van der Waals surface area contributed by atoms with Crippen LogP contribution in [0.15, 0.2) is 24.3 Å². The molecule has 1 rings (SSSR count). The van der Waals surface area contributed by atoms with Gasteiger partial charge in [-0.05, 0) is 24.8 Å². The molecule has 1 aliphatic carbocycles. The van der Waals surface area contributed by atoms with Gasteiger partial charge in [-0.25, -0.2) is 0 Å². The van der Waals surface area contributed by atoms with Crippen molar-refractivity contribution < 1.29 is 9.53 Å². The summed E-state index contributed by atoms with van der Waals surface area (Å²) in [6, 6.07) is 4.22. The second kappa shape index (κ2) is 7.93. The van der Waals surface area contributed by atoms with Crippen LogP contribution in [0.5, 0.6) is 0 Å². The lowest BCUT2D eigenvalue weighted by Gasteiger charge is -2.29. The molecule has 1 aliphatic rings. The Morgan fingerprint density at radius 2 is 2.24 bits per heavy atom. The predicted octanol–water partition coefficient (Wildman–Crippen LogP) is 2.89. The molecule has 21 heavy (non-hydrogen) atoms. The monoisotopic (exact) mass is 282 g/mol. The first-order valence-electron chi connectivity index (χ1n) is 6.84. The quantitative estimate of drug-likeness (QED) is 0.451. The van der Waals surface area contributed by atoms with Gasteiger partial charge in [0.2, 0.25) is 0 Å². The molecule has 0 saturated heterocycles. The van der Waals surface area contributed by atoms with Crippen LogP contribution in [0, 0.1) is 45.8 Å². The maximum Gasteiger partial charge on any atom is 0.303 e. The molecule has 0 aromatic rings. The molecule has 0 aromatic heterocycles. The fraction of sp³-hybridized carbons (Fsp3) is 0.471. The average Bonchev–Trinajstić information content (AvgIpc) is 2.51. The zero-order chi connectivity index (χ0) is 15.7. The zero-order valence-corrected chi connectivity index (χ0v) is 12.2. The number of nitriles is 2. The summed E-state index contributed by atoms with van der Waals surface area (Å²) in [6.45, 7) is 5.07. The molecule has 4 heteroatoms. The van der Waals surface area contributed by atoms with Crippen molar-refractivity contribution in [2.45, 2.75) is 32.6 Å². The van der Waals surface area contributed by atoms with Gasteiger partial charge >= 0.3 is 5.97 Å². The van der Waals surface area contributed by atoms with Gasteiger partial charge in [-0.3, -0.25) is 4.79 Å². The first-order chi connectivity index (χ1) is 10.1. The fourth-order valence-corrected chi connectivity index (χ4v) is 2.36. The van der Waals surface area contributed by atoms with E-state index in [-0.39, 0.29) is 18.9 Å². The highest BCUT2D eigenvalue weighted by Gasteiger charge is 2.38. The number of rotatable bonds is 4. The van der Waals surface area contributed by atoms with Crippen LogP contribution in [0.4, 0.5) is 0 Å². The molecule has 0 aliphatic heterocycles. The Kier molecular flexibility index (Phi) is 6.25. The van der Waals surface area contributed by atoms with Crippen LogP contribution in [0.3, 0.4) is 0 Å². The Labute approximate surface area is 125 Å². The zero-order valence-electron chi connectivity index (χ0n) is 12.2. The smallest absolute Gasteiger partial charge is 0.303 e. The summed E-state index contributed by atoms with van der Waals surface area (Å²) >= 11 is 0. The third-order valence-electron chi connectivity index (χ3n) is 3.47. The van der Waals surface area contributed by atoms with Crippen molar-refractivity contribution in [2.75, 3.05) is 6.61 Å². The standard InChI is InChI=1S/C17H18N2O2/c1-3-15-8-4-5-9-16(15)17(12-18,13-19)10-6-7-11-21-14(2)20/h3,9,15H,1,4-5,8,10-11H2,2H3. The number of allylic oxidation sites excluding steroid dienone is 3. The molecule has 1 unspecified atom stereocenters. The van der Waals surface area contributed by atoms with E-state index in [1.54, 1.807) is 6.08 Å². The van der Waals surface area contributed by atoms with Crippen molar-refractivity contribution in [3.63, 3.8) is 0 Å². The van der Waals surface area contributed by atoms with E-state index < -0.39 is 11.4 Å². The minimum Gasteiger partial charge on any atom is -0.453 e. The topological polar surface area (TPSA) is 73.9 Å². The van der Waals surface area contributed by atoms with E-state index in [1.807, 2.05) is 6.08 Å². The van der Waals surface area contributed by atoms with E-state index in [4.69, 9.17) is 4.74 Å². The van der Waals surface area contributed by atoms with Crippen molar-refractivity contribution in [2.24, 2.45) is 11.3 Å². The van der Waals surface area contributed by atoms with Gasteiger partial charge in [-0.1, -0.05) is 24.0 Å². The molecule has 0 radical (unpaired) electrons. The molecule has 0 N–H and O–H groups in total. The number of nitrogens with zero attached hydrogens (tertiary/aromatic N) is 2. The molecule has 108 valence electrons. The van der Waals surface area contributed by atoms with Crippen LogP contribution in [0.2, 0.25) is 0 Å². The van der Waals surface area contributed by atoms with Crippen LogP contribution < -0.4 is 0 Å². The van der Waals surface area contributed by atoms with Gasteiger partial charge in [0.15, 0.2) is 12.0 Å². The maximum atomic E-state index is 10.6. The highest BCUT2D eigenvalue weighted by Crippen LogP contribution is 2.40. The second-order valence-electron chi connectivity index (χ2n) is 4.87. The van der Waals surface area contributed by atoms with E-state index in [1.165, 1.54) is 6.92 Å². The van der Waals surface area contributed by atoms with Crippen LogP contribution in [0.1, 0.15) is 32.6 Å². The Morgan fingerprint density at radius 3 is 2.81 bits per heavy atom. The third kappa shape index (κ3) is 4.23. The largest absolute Gasteiger partial charge is 0.453 e. The molecule has 1 atom stereocenters. The molecule has 0 aromatic carbocycles. The highest BCUT2D eigenvalue weighted by atomic mass is 16.5. The summed E-state index contributed by atoms with van der Waals surface area (Å²) < 4.78 is 4.70. The number of hydrogen-bond acceptors (Lipinski definition) is 4. The highest BCUT2D eigenvalue weighted by molar-refractivity contribution is 5.66. The van der Waals surface area contributed by atoms with Gasteiger partial charge in [-0.15, -0.1) is 6.58 Å². The predicted molar refractivity (Wildman–Crippen MR) is 78.3 cm³/mol. The van der Waals surface area contributed by atoms with Gasteiger partial charge in [0, 0.05) is 19.3 Å². The van der Waals surface area contributed by atoms with Gasteiger partial charge in [0.25, 0.3) is 0 Å². The normalized spacial score (nSPS) is 17.3. The molecule has 0 spiro atoms. The van der Waals surface area contributed by atoms with Gasteiger partial charge in [0.05, 0.1) is 12.1 Å². The molecule has 0 heterocycles. The Hall–Kier alpha value is -2.51. The van der Waals surface area contributed by atoms with Crippen molar-refractivity contribution in [3.05, 3.63) is 24.3 Å². The summed E-state index contributed by atoms with van der Waals surface area (Å²) in [5.41, 5.74) is -0.446. The van der Waals surface area contributed by atoms with E-state index in [9.17, 15) is 15.3 Å². The number of carbonyl (C=O) groups excluding carboxylic acids is 1. The Balaban J connectivity index is 2.91. The lowest BCUT2D eigenvalue weighted by atomic mass is 9.70. The van der Waals surface area contributed by atoms with E-state index >= 15 is 0 Å². The van der Waals surface area contributed by atoms with Crippen molar-refractivity contribution in [3.8, 4) is 24.0 Å². The molecule has 4 nitrogen and oxygen atoms in total. The molecule has 0 amide bonds. The lowest BCUT2D eigenvalue weighted by Crippen LogP contribution is -2.25. The van der Waals surface area contributed by atoms with Crippen LogP contribution in [-0.2, 0) is 9.53 Å². The number of hydrogen-bond donors (Lipinski definition) is 0. The fourth-order valence-electron chi connectivity index (χ4n) is 2.36. The molecule has 0 bridgehead atoms. The molecular weight excluding hydrogens is 264 g/mol. The Bertz CT molecular complexity index is 565. The summed E-state index contributed by atoms with van der Waals surface area (Å²) in [5.74, 6) is 5.09. The number of esters is 1.